The first kappa shape index (κ1) is 17.6. The number of hydrogen-bond acceptors (Lipinski definition) is 4. The third-order valence-electron chi connectivity index (χ3n) is 2.30. The number of nitrogens with zero attached hydrogens (tertiary/aromatic N) is 1. The van der Waals surface area contributed by atoms with Gasteiger partial charge in [-0.25, -0.2) is 13.8 Å². The molecule has 4 nitrogen and oxygen atoms in total. The summed E-state index contributed by atoms with van der Waals surface area (Å²) in [5.41, 5.74) is -1.18. The molecular formula is C11H9BrF5NO3. The Bertz CT molecular complexity index is 521. The summed E-state index contributed by atoms with van der Waals surface area (Å²) in [6.07, 6.45) is -8.79. The molecule has 0 radical (unpaired) electrons. The quantitative estimate of drug-likeness (QED) is 0.447. The zero-order valence-electron chi connectivity index (χ0n) is 10.5. The van der Waals surface area contributed by atoms with E-state index in [4.69, 9.17) is 0 Å². The summed E-state index contributed by atoms with van der Waals surface area (Å²) in [6.45, 7) is 0. The Labute approximate surface area is 124 Å². The molecule has 1 aromatic heterocycles. The summed E-state index contributed by atoms with van der Waals surface area (Å²) in [6, 6.07) is 1.00. The smallest absolute Gasteiger partial charge is 0.469 e. The Morgan fingerprint density at radius 3 is 2.43 bits per heavy atom. The van der Waals surface area contributed by atoms with Crippen molar-refractivity contribution in [1.82, 2.24) is 4.98 Å². The van der Waals surface area contributed by atoms with Crippen molar-refractivity contribution in [3.05, 3.63) is 22.9 Å². The number of esters is 1. The minimum absolute atomic E-state index is 0.0431. The van der Waals surface area contributed by atoms with E-state index in [0.29, 0.717) is 0 Å². The molecule has 0 fully saturated rings. The largest absolute Gasteiger partial charge is 0.574 e. The van der Waals surface area contributed by atoms with Gasteiger partial charge in [-0.05, 0) is 11.6 Å². The zero-order chi connectivity index (χ0) is 16.2. The summed E-state index contributed by atoms with van der Waals surface area (Å²) in [5.74, 6) is -1.94. The van der Waals surface area contributed by atoms with Crippen molar-refractivity contribution < 1.29 is 36.2 Å². The molecule has 0 aliphatic rings. The van der Waals surface area contributed by atoms with Crippen LogP contribution >= 0.6 is 15.9 Å². The number of aromatic nitrogens is 1. The third-order valence-corrected chi connectivity index (χ3v) is 2.90. The Hall–Kier alpha value is -1.45. The average molecular weight is 378 g/mol. The van der Waals surface area contributed by atoms with Gasteiger partial charge < -0.3 is 9.47 Å². The Balaban J connectivity index is 3.33. The van der Waals surface area contributed by atoms with E-state index in [0.717, 1.165) is 13.2 Å². The van der Waals surface area contributed by atoms with Crippen LogP contribution < -0.4 is 4.74 Å². The molecule has 0 saturated heterocycles. The predicted molar refractivity (Wildman–Crippen MR) is 64.2 cm³/mol. The molecule has 1 aromatic rings. The van der Waals surface area contributed by atoms with Gasteiger partial charge in [0, 0.05) is 10.9 Å². The third kappa shape index (κ3) is 5.10. The monoisotopic (exact) mass is 377 g/mol. The first-order chi connectivity index (χ1) is 9.67. The van der Waals surface area contributed by atoms with Gasteiger partial charge >= 0.3 is 12.3 Å². The lowest BCUT2D eigenvalue weighted by molar-refractivity contribution is -0.276. The molecule has 0 aliphatic carbocycles. The van der Waals surface area contributed by atoms with Gasteiger partial charge in [0.1, 0.15) is 5.69 Å². The standard InChI is InChI=1S/C11H9BrF5NO3/c1-20-7(19)3-5-2-6(4-12)8(9(13)14)18-10(5)21-11(15,16)17/h2,9H,3-4H2,1H3. The van der Waals surface area contributed by atoms with Crippen molar-refractivity contribution in [1.29, 1.82) is 0 Å². The van der Waals surface area contributed by atoms with E-state index in [1.807, 2.05) is 0 Å². The summed E-state index contributed by atoms with van der Waals surface area (Å²) in [4.78, 5) is 14.4. The highest BCUT2D eigenvalue weighted by molar-refractivity contribution is 9.08. The van der Waals surface area contributed by atoms with E-state index < -0.39 is 36.8 Å². The van der Waals surface area contributed by atoms with E-state index >= 15 is 0 Å². The topological polar surface area (TPSA) is 48.4 Å². The molecule has 0 amide bonds. The van der Waals surface area contributed by atoms with Gasteiger partial charge in [0.15, 0.2) is 0 Å². The number of halogens is 6. The molecule has 1 rings (SSSR count). The lowest BCUT2D eigenvalue weighted by Gasteiger charge is -2.15. The van der Waals surface area contributed by atoms with Crippen LogP contribution in [0.4, 0.5) is 22.0 Å². The maximum absolute atomic E-state index is 12.8. The number of carbonyl (C=O) groups excluding carboxylic acids is 1. The van der Waals surface area contributed by atoms with E-state index in [1.54, 1.807) is 0 Å². The highest BCUT2D eigenvalue weighted by Gasteiger charge is 2.34. The maximum atomic E-state index is 12.8. The second kappa shape index (κ2) is 7.01. The molecule has 21 heavy (non-hydrogen) atoms. The van der Waals surface area contributed by atoms with Crippen LogP contribution in [-0.4, -0.2) is 24.4 Å². The van der Waals surface area contributed by atoms with Crippen LogP contribution in [0.15, 0.2) is 6.07 Å². The van der Waals surface area contributed by atoms with Crippen molar-refractivity contribution in [2.75, 3.05) is 7.11 Å². The van der Waals surface area contributed by atoms with Gasteiger partial charge in [0.25, 0.3) is 6.43 Å². The summed E-state index contributed by atoms with van der Waals surface area (Å²) in [5, 5.41) is -0.0693. The normalized spacial score (nSPS) is 11.6. The molecule has 1 heterocycles. The number of hydrogen-bond donors (Lipinski definition) is 0. The van der Waals surface area contributed by atoms with Gasteiger partial charge in [-0.2, -0.15) is 0 Å². The maximum Gasteiger partial charge on any atom is 0.574 e. The average Bonchev–Trinajstić information content (AvgIpc) is 2.38. The zero-order valence-corrected chi connectivity index (χ0v) is 12.1. The fourth-order valence-electron chi connectivity index (χ4n) is 1.45. The van der Waals surface area contributed by atoms with Crippen LogP contribution in [0.1, 0.15) is 23.2 Å². The van der Waals surface area contributed by atoms with Crippen molar-refractivity contribution in [2.45, 2.75) is 24.5 Å². The minimum atomic E-state index is -5.12. The van der Waals surface area contributed by atoms with Crippen LogP contribution in [0.2, 0.25) is 0 Å². The number of pyridine rings is 1. The molecule has 0 spiro atoms. The summed E-state index contributed by atoms with van der Waals surface area (Å²) >= 11 is 2.93. The molecule has 0 aromatic carbocycles. The van der Waals surface area contributed by atoms with E-state index in [1.165, 1.54) is 0 Å². The molecule has 0 saturated carbocycles. The van der Waals surface area contributed by atoms with Crippen LogP contribution in [0.25, 0.3) is 0 Å². The van der Waals surface area contributed by atoms with Crippen LogP contribution in [0.5, 0.6) is 5.88 Å². The summed E-state index contributed by atoms with van der Waals surface area (Å²) < 4.78 is 70.3. The van der Waals surface area contributed by atoms with Gasteiger partial charge in [-0.15, -0.1) is 13.2 Å². The number of carbonyl (C=O) groups is 1. The van der Waals surface area contributed by atoms with Crippen LogP contribution in [-0.2, 0) is 21.3 Å². The van der Waals surface area contributed by atoms with Crippen LogP contribution in [0, 0.1) is 0 Å². The van der Waals surface area contributed by atoms with Crippen molar-refractivity contribution in [3.63, 3.8) is 0 Å². The highest BCUT2D eigenvalue weighted by Crippen LogP contribution is 2.31. The number of methoxy groups -OCH3 is 1. The predicted octanol–water partition coefficient (Wildman–Crippen LogP) is 3.53. The molecular weight excluding hydrogens is 369 g/mol. The first-order valence-corrected chi connectivity index (χ1v) is 6.49. The SMILES string of the molecule is COC(=O)Cc1cc(CBr)c(C(F)F)nc1OC(F)(F)F. The lowest BCUT2D eigenvalue weighted by atomic mass is 10.1. The molecule has 0 bridgehead atoms. The van der Waals surface area contributed by atoms with E-state index in [-0.39, 0.29) is 16.5 Å². The Morgan fingerprint density at radius 1 is 1.38 bits per heavy atom. The van der Waals surface area contributed by atoms with E-state index in [2.05, 4.69) is 30.4 Å². The van der Waals surface area contributed by atoms with Gasteiger partial charge in [0.05, 0.1) is 13.5 Å². The molecule has 0 N–H and O–H groups in total. The van der Waals surface area contributed by atoms with Crippen molar-refractivity contribution in [2.24, 2.45) is 0 Å². The second-order valence-corrected chi connectivity index (χ2v) is 4.29. The highest BCUT2D eigenvalue weighted by atomic mass is 79.9. The fraction of sp³-hybridized carbons (Fsp3) is 0.455. The number of alkyl halides is 6. The van der Waals surface area contributed by atoms with E-state index in [9.17, 15) is 26.7 Å². The van der Waals surface area contributed by atoms with Crippen molar-refractivity contribution >= 4 is 21.9 Å². The van der Waals surface area contributed by atoms with Crippen molar-refractivity contribution in [3.8, 4) is 5.88 Å². The fourth-order valence-corrected chi connectivity index (χ4v) is 1.90. The first-order valence-electron chi connectivity index (χ1n) is 5.37. The molecule has 10 heteroatoms. The lowest BCUT2D eigenvalue weighted by Crippen LogP contribution is -2.21. The number of ether oxygens (including phenoxy) is 2. The van der Waals surface area contributed by atoms with Gasteiger partial charge in [-0.1, -0.05) is 15.9 Å². The second-order valence-electron chi connectivity index (χ2n) is 3.73. The molecule has 118 valence electrons. The van der Waals surface area contributed by atoms with Gasteiger partial charge in [-0.3, -0.25) is 4.79 Å². The Kier molecular flexibility index (Phi) is 5.87. The van der Waals surface area contributed by atoms with Gasteiger partial charge in [0.2, 0.25) is 5.88 Å². The number of rotatable bonds is 5. The summed E-state index contributed by atoms with van der Waals surface area (Å²) in [7, 11) is 1.04. The Morgan fingerprint density at radius 2 is 2.00 bits per heavy atom. The molecule has 0 atom stereocenters. The molecule has 0 aliphatic heterocycles. The molecule has 0 unspecified atom stereocenters. The van der Waals surface area contributed by atoms with Crippen LogP contribution in [0.3, 0.4) is 0 Å². The minimum Gasteiger partial charge on any atom is -0.469 e.